The van der Waals surface area contributed by atoms with Gasteiger partial charge >= 0.3 is 0 Å². The molecule has 2 aromatic carbocycles. The molecular formula is C23H23N5O. The number of benzene rings is 2. The number of carbonyl (C=O) groups is 1. The number of nitrogens with one attached hydrogen (secondary N) is 3. The first kappa shape index (κ1) is 17.9. The van der Waals surface area contributed by atoms with Crippen LogP contribution >= 0.6 is 0 Å². The van der Waals surface area contributed by atoms with Gasteiger partial charge in [0.05, 0.1) is 23.8 Å². The molecule has 5 rings (SSSR count). The number of rotatable bonds is 5. The van der Waals surface area contributed by atoms with Gasteiger partial charge in [0, 0.05) is 17.8 Å². The molecule has 1 saturated carbocycles. The second-order valence-corrected chi connectivity index (χ2v) is 8.18. The standard InChI is InChI=1S/C23H23N5O/c24-12-20(27-23(29)22-17-5-7-19(11-17)26-22)9-14-1-3-15(4-2-14)16-6-8-21-18(10-16)13-25-28-21/h1-4,6,8,10,13,17,19-20,22,26H,5,7,9,11H2,(H,25,28)(H,27,29)/t17-,19+,20-,22-/m0/s1. The Morgan fingerprint density at radius 1 is 1.21 bits per heavy atom. The second kappa shape index (κ2) is 7.34. The number of amides is 1. The molecule has 0 unspecified atom stereocenters. The molecular weight excluding hydrogens is 362 g/mol. The summed E-state index contributed by atoms with van der Waals surface area (Å²) in [4.78, 5) is 12.6. The number of aromatic amines is 1. The van der Waals surface area contributed by atoms with Crippen molar-refractivity contribution in [2.45, 2.75) is 43.8 Å². The van der Waals surface area contributed by atoms with E-state index in [1.165, 1.54) is 0 Å². The number of fused-ring (bicyclic) bond motifs is 3. The van der Waals surface area contributed by atoms with E-state index in [1.807, 2.05) is 24.4 Å². The maximum absolute atomic E-state index is 12.6. The van der Waals surface area contributed by atoms with E-state index in [0.717, 1.165) is 46.9 Å². The van der Waals surface area contributed by atoms with Gasteiger partial charge in [0.15, 0.2) is 0 Å². The predicted octanol–water partition coefficient (Wildman–Crippen LogP) is 2.92. The van der Waals surface area contributed by atoms with Crippen molar-refractivity contribution in [3.63, 3.8) is 0 Å². The SMILES string of the molecule is N#C[C@H](Cc1ccc(-c2ccc3[nH]ncc3c2)cc1)NC(=O)[C@H]1N[C@@H]2CC[C@H]1C2. The molecule has 0 radical (unpaired) electrons. The molecule has 2 aliphatic rings. The van der Waals surface area contributed by atoms with Gasteiger partial charge in [-0.3, -0.25) is 9.89 Å². The number of nitrogens with zero attached hydrogens (tertiary/aromatic N) is 2. The van der Waals surface area contributed by atoms with Crippen LogP contribution in [0.4, 0.5) is 0 Å². The number of H-pyrrole nitrogens is 1. The van der Waals surface area contributed by atoms with Gasteiger partial charge in [-0.1, -0.05) is 30.3 Å². The monoisotopic (exact) mass is 385 g/mol. The highest BCUT2D eigenvalue weighted by Gasteiger charge is 2.43. The minimum absolute atomic E-state index is 0.0335. The van der Waals surface area contributed by atoms with E-state index in [1.54, 1.807) is 0 Å². The Morgan fingerprint density at radius 2 is 2.03 bits per heavy atom. The summed E-state index contributed by atoms with van der Waals surface area (Å²) in [7, 11) is 0. The maximum atomic E-state index is 12.6. The largest absolute Gasteiger partial charge is 0.339 e. The summed E-state index contributed by atoms with van der Waals surface area (Å²) >= 11 is 0. The quantitative estimate of drug-likeness (QED) is 0.629. The molecule has 1 aliphatic carbocycles. The van der Waals surface area contributed by atoms with Crippen LogP contribution in [-0.2, 0) is 11.2 Å². The molecule has 3 aromatic rings. The summed E-state index contributed by atoms with van der Waals surface area (Å²) in [5, 5.41) is 24.0. The van der Waals surface area contributed by atoms with Crippen molar-refractivity contribution in [2.75, 3.05) is 0 Å². The van der Waals surface area contributed by atoms with Crippen LogP contribution in [0.1, 0.15) is 24.8 Å². The maximum Gasteiger partial charge on any atom is 0.238 e. The minimum Gasteiger partial charge on any atom is -0.339 e. The zero-order valence-corrected chi connectivity index (χ0v) is 16.1. The summed E-state index contributed by atoms with van der Waals surface area (Å²) in [6.45, 7) is 0. The van der Waals surface area contributed by atoms with Crippen molar-refractivity contribution in [3.05, 3.63) is 54.2 Å². The Hall–Kier alpha value is -3.17. The smallest absolute Gasteiger partial charge is 0.238 e. The fourth-order valence-corrected chi connectivity index (χ4v) is 4.73. The number of nitriles is 1. The summed E-state index contributed by atoms with van der Waals surface area (Å²) in [6, 6.07) is 16.4. The second-order valence-electron chi connectivity index (χ2n) is 8.18. The van der Waals surface area contributed by atoms with Gasteiger partial charge in [-0.05, 0) is 54.0 Å². The Kier molecular flexibility index (Phi) is 4.53. The van der Waals surface area contributed by atoms with Gasteiger partial charge in [-0.25, -0.2) is 0 Å². The number of carbonyl (C=O) groups excluding carboxylic acids is 1. The van der Waals surface area contributed by atoms with Gasteiger partial charge in [0.1, 0.15) is 6.04 Å². The van der Waals surface area contributed by atoms with Crippen LogP contribution in [-0.4, -0.2) is 34.2 Å². The molecule has 4 atom stereocenters. The molecule has 6 nitrogen and oxygen atoms in total. The predicted molar refractivity (Wildman–Crippen MR) is 111 cm³/mol. The van der Waals surface area contributed by atoms with Gasteiger partial charge < -0.3 is 10.6 Å². The van der Waals surface area contributed by atoms with E-state index >= 15 is 0 Å². The van der Waals surface area contributed by atoms with Crippen molar-refractivity contribution in [3.8, 4) is 17.2 Å². The van der Waals surface area contributed by atoms with E-state index in [2.05, 4.69) is 51.2 Å². The third-order valence-electron chi connectivity index (χ3n) is 6.28. The molecule has 2 bridgehead atoms. The Labute approximate surface area is 169 Å². The lowest BCUT2D eigenvalue weighted by Crippen LogP contribution is -2.50. The van der Waals surface area contributed by atoms with Crippen LogP contribution in [0.2, 0.25) is 0 Å². The summed E-state index contributed by atoms with van der Waals surface area (Å²) < 4.78 is 0. The molecule has 1 saturated heterocycles. The third kappa shape index (κ3) is 3.50. The molecule has 3 N–H and O–H groups in total. The highest BCUT2D eigenvalue weighted by molar-refractivity contribution is 5.84. The van der Waals surface area contributed by atoms with Crippen LogP contribution in [0.25, 0.3) is 22.0 Å². The molecule has 2 fully saturated rings. The third-order valence-corrected chi connectivity index (χ3v) is 6.28. The highest BCUT2D eigenvalue weighted by Crippen LogP contribution is 2.35. The van der Waals surface area contributed by atoms with Crippen LogP contribution < -0.4 is 10.6 Å². The van der Waals surface area contributed by atoms with E-state index in [4.69, 9.17) is 0 Å². The summed E-state index contributed by atoms with van der Waals surface area (Å²) in [6.07, 6.45) is 5.68. The molecule has 146 valence electrons. The van der Waals surface area contributed by atoms with Gasteiger partial charge in [-0.2, -0.15) is 10.4 Å². The zero-order valence-electron chi connectivity index (χ0n) is 16.1. The molecule has 1 amide bonds. The van der Waals surface area contributed by atoms with Crippen LogP contribution in [0, 0.1) is 17.2 Å². The highest BCUT2D eigenvalue weighted by atomic mass is 16.2. The molecule has 1 aromatic heterocycles. The lowest BCUT2D eigenvalue weighted by Gasteiger charge is -2.23. The topological polar surface area (TPSA) is 93.6 Å². The van der Waals surface area contributed by atoms with Crippen molar-refractivity contribution < 1.29 is 4.79 Å². The first-order valence-electron chi connectivity index (χ1n) is 10.2. The van der Waals surface area contributed by atoms with Gasteiger partial charge in [-0.15, -0.1) is 0 Å². The fourth-order valence-electron chi connectivity index (χ4n) is 4.73. The van der Waals surface area contributed by atoms with E-state index in [-0.39, 0.29) is 11.9 Å². The minimum atomic E-state index is -0.517. The zero-order chi connectivity index (χ0) is 19.8. The van der Waals surface area contributed by atoms with Crippen LogP contribution in [0.5, 0.6) is 0 Å². The average Bonchev–Trinajstić information content (AvgIpc) is 3.50. The van der Waals surface area contributed by atoms with Crippen LogP contribution in [0.15, 0.2) is 48.7 Å². The van der Waals surface area contributed by atoms with Gasteiger partial charge in [0.2, 0.25) is 5.91 Å². The molecule has 0 spiro atoms. The summed E-state index contributed by atoms with van der Waals surface area (Å²) in [5.74, 6) is 0.389. The lowest BCUT2D eigenvalue weighted by atomic mass is 9.98. The van der Waals surface area contributed by atoms with Crippen molar-refractivity contribution >= 4 is 16.8 Å². The Morgan fingerprint density at radius 3 is 2.76 bits per heavy atom. The molecule has 1 aliphatic heterocycles. The molecule has 29 heavy (non-hydrogen) atoms. The number of piperidine rings is 1. The normalized spacial score (nSPS) is 23.8. The number of hydrogen-bond acceptors (Lipinski definition) is 4. The van der Waals surface area contributed by atoms with Crippen LogP contribution in [0.3, 0.4) is 0 Å². The van der Waals surface area contributed by atoms with E-state index in [9.17, 15) is 10.1 Å². The number of hydrogen-bond donors (Lipinski definition) is 3. The van der Waals surface area contributed by atoms with Gasteiger partial charge in [0.25, 0.3) is 0 Å². The number of aromatic nitrogens is 2. The fraction of sp³-hybridized carbons (Fsp3) is 0.348. The Bertz CT molecular complexity index is 1080. The lowest BCUT2D eigenvalue weighted by molar-refractivity contribution is -0.124. The molecule has 2 heterocycles. The first-order chi connectivity index (χ1) is 14.2. The van der Waals surface area contributed by atoms with E-state index in [0.29, 0.717) is 18.4 Å². The Balaban J connectivity index is 1.24. The summed E-state index contributed by atoms with van der Waals surface area (Å²) in [5.41, 5.74) is 4.28. The van der Waals surface area contributed by atoms with Crippen molar-refractivity contribution in [1.82, 2.24) is 20.8 Å². The van der Waals surface area contributed by atoms with E-state index < -0.39 is 6.04 Å². The average molecular weight is 385 g/mol. The first-order valence-corrected chi connectivity index (χ1v) is 10.2. The molecule has 6 heteroatoms. The van der Waals surface area contributed by atoms with Crippen molar-refractivity contribution in [2.24, 2.45) is 5.92 Å². The van der Waals surface area contributed by atoms with Crippen molar-refractivity contribution in [1.29, 1.82) is 5.26 Å².